The Balaban J connectivity index is 2.77. The van der Waals surface area contributed by atoms with Crippen molar-refractivity contribution in [2.24, 2.45) is 11.7 Å². The molecule has 1 aromatic rings. The lowest BCUT2D eigenvalue weighted by Gasteiger charge is -2.10. The third-order valence-corrected chi connectivity index (χ3v) is 1.65. The second-order valence-electron chi connectivity index (χ2n) is 3.52. The molecular weight excluding hydrogens is 152 g/mol. The molecule has 0 amide bonds. The van der Waals surface area contributed by atoms with Gasteiger partial charge in [-0.2, -0.15) is 0 Å². The Morgan fingerprint density at radius 3 is 2.67 bits per heavy atom. The minimum Gasteiger partial charge on any atom is -0.323 e. The van der Waals surface area contributed by atoms with E-state index in [0.717, 1.165) is 12.2 Å². The number of hydrogen-bond acceptors (Lipinski definition) is 3. The average Bonchev–Trinajstić information content (AvgIpc) is 2.33. The zero-order chi connectivity index (χ0) is 9.14. The summed E-state index contributed by atoms with van der Waals surface area (Å²) in [6, 6.07) is 0.0127. The highest BCUT2D eigenvalue weighted by Crippen LogP contribution is 2.08. The summed E-state index contributed by atoms with van der Waals surface area (Å²) in [6.45, 7) is 7.12. The third kappa shape index (κ3) is 2.04. The van der Waals surface area contributed by atoms with E-state index in [1.165, 1.54) is 0 Å². The fourth-order valence-corrected chi connectivity index (χ4v) is 1.11. The Bertz CT molecular complexity index is 239. The van der Waals surface area contributed by atoms with Gasteiger partial charge in [-0.25, -0.2) is 4.68 Å². The Kier molecular flexibility index (Phi) is 2.81. The first-order valence-corrected chi connectivity index (χ1v) is 4.25. The maximum atomic E-state index is 5.73. The molecule has 0 aromatic carbocycles. The smallest absolute Gasteiger partial charge is 0.0751 e. The summed E-state index contributed by atoms with van der Waals surface area (Å²) in [4.78, 5) is 0. The number of aromatic nitrogens is 3. The molecule has 1 rings (SSSR count). The normalized spacial score (nSPS) is 13.8. The van der Waals surface area contributed by atoms with Gasteiger partial charge in [-0.15, -0.1) is 5.10 Å². The van der Waals surface area contributed by atoms with Crippen LogP contribution in [-0.2, 0) is 6.54 Å². The second kappa shape index (κ2) is 3.67. The van der Waals surface area contributed by atoms with Crippen LogP contribution in [0.3, 0.4) is 0 Å². The van der Waals surface area contributed by atoms with E-state index in [1.54, 1.807) is 6.20 Å². The molecule has 12 heavy (non-hydrogen) atoms. The lowest BCUT2D eigenvalue weighted by Crippen LogP contribution is -2.15. The van der Waals surface area contributed by atoms with Gasteiger partial charge in [-0.1, -0.05) is 19.1 Å². The van der Waals surface area contributed by atoms with Crippen LogP contribution in [0.4, 0.5) is 0 Å². The van der Waals surface area contributed by atoms with Crippen LogP contribution in [0.25, 0.3) is 0 Å². The molecule has 68 valence electrons. The van der Waals surface area contributed by atoms with Crippen molar-refractivity contribution < 1.29 is 0 Å². The zero-order valence-corrected chi connectivity index (χ0v) is 7.86. The largest absolute Gasteiger partial charge is 0.323 e. The molecule has 0 fully saturated rings. The predicted octanol–water partition coefficient (Wildman–Crippen LogP) is 0.954. The van der Waals surface area contributed by atoms with Crippen molar-refractivity contribution in [3.8, 4) is 0 Å². The Morgan fingerprint density at radius 2 is 2.17 bits per heavy atom. The molecule has 1 heterocycles. The Morgan fingerprint density at radius 1 is 1.50 bits per heavy atom. The standard InChI is InChI=1S/C8H16N4/c1-6(2)5-12-8(7(3)9)4-10-11-12/h4,6-7H,5,9H2,1-3H3/t7-/m1/s1. The Labute approximate surface area is 72.8 Å². The molecule has 0 aliphatic carbocycles. The minimum absolute atomic E-state index is 0.0127. The zero-order valence-electron chi connectivity index (χ0n) is 7.86. The first-order chi connectivity index (χ1) is 5.61. The lowest BCUT2D eigenvalue weighted by atomic mass is 10.2. The van der Waals surface area contributed by atoms with Gasteiger partial charge < -0.3 is 5.73 Å². The van der Waals surface area contributed by atoms with Crippen LogP contribution >= 0.6 is 0 Å². The van der Waals surface area contributed by atoms with Gasteiger partial charge in [0.2, 0.25) is 0 Å². The molecule has 0 unspecified atom stereocenters. The first kappa shape index (κ1) is 9.19. The summed E-state index contributed by atoms with van der Waals surface area (Å²) in [6.07, 6.45) is 1.73. The fraction of sp³-hybridized carbons (Fsp3) is 0.750. The molecule has 2 N–H and O–H groups in total. The van der Waals surface area contributed by atoms with Gasteiger partial charge in [0.05, 0.1) is 11.9 Å². The molecule has 0 spiro atoms. The number of nitrogens with two attached hydrogens (primary N) is 1. The predicted molar refractivity (Wildman–Crippen MR) is 47.5 cm³/mol. The quantitative estimate of drug-likeness (QED) is 0.731. The summed E-state index contributed by atoms with van der Waals surface area (Å²) in [5.74, 6) is 0.573. The van der Waals surface area contributed by atoms with E-state index in [4.69, 9.17) is 5.73 Å². The average molecular weight is 168 g/mol. The lowest BCUT2D eigenvalue weighted by molar-refractivity contribution is 0.450. The van der Waals surface area contributed by atoms with Gasteiger partial charge in [0.1, 0.15) is 0 Å². The fourth-order valence-electron chi connectivity index (χ4n) is 1.11. The van der Waals surface area contributed by atoms with Crippen molar-refractivity contribution in [2.75, 3.05) is 0 Å². The van der Waals surface area contributed by atoms with E-state index in [-0.39, 0.29) is 6.04 Å². The van der Waals surface area contributed by atoms with Crippen molar-refractivity contribution in [1.29, 1.82) is 0 Å². The van der Waals surface area contributed by atoms with Crippen LogP contribution in [0.1, 0.15) is 32.5 Å². The Hall–Kier alpha value is -0.900. The summed E-state index contributed by atoms with van der Waals surface area (Å²) in [5.41, 5.74) is 6.74. The van der Waals surface area contributed by atoms with Gasteiger partial charge in [0.15, 0.2) is 0 Å². The second-order valence-corrected chi connectivity index (χ2v) is 3.52. The van der Waals surface area contributed by atoms with Gasteiger partial charge in [0, 0.05) is 12.6 Å². The van der Waals surface area contributed by atoms with Crippen LogP contribution < -0.4 is 5.73 Å². The number of hydrogen-bond donors (Lipinski definition) is 1. The highest BCUT2D eigenvalue weighted by Gasteiger charge is 2.08. The molecule has 4 heteroatoms. The minimum atomic E-state index is 0.0127. The molecule has 0 bridgehead atoms. The first-order valence-electron chi connectivity index (χ1n) is 4.25. The molecule has 1 aromatic heterocycles. The third-order valence-electron chi connectivity index (χ3n) is 1.65. The maximum absolute atomic E-state index is 5.73. The number of rotatable bonds is 3. The van der Waals surface area contributed by atoms with E-state index >= 15 is 0 Å². The number of nitrogens with zero attached hydrogens (tertiary/aromatic N) is 3. The van der Waals surface area contributed by atoms with Crippen LogP contribution in [0.2, 0.25) is 0 Å². The van der Waals surface area contributed by atoms with E-state index in [1.807, 2.05) is 11.6 Å². The highest BCUT2D eigenvalue weighted by molar-refractivity contribution is 4.99. The van der Waals surface area contributed by atoms with Gasteiger partial charge in [-0.3, -0.25) is 0 Å². The summed E-state index contributed by atoms with van der Waals surface area (Å²) >= 11 is 0. The monoisotopic (exact) mass is 168 g/mol. The van der Waals surface area contributed by atoms with Crippen molar-refractivity contribution >= 4 is 0 Å². The highest BCUT2D eigenvalue weighted by atomic mass is 15.4. The SMILES string of the molecule is CC(C)Cn1nncc1[C@@H](C)N. The molecule has 0 aliphatic heterocycles. The van der Waals surface area contributed by atoms with Gasteiger partial charge >= 0.3 is 0 Å². The van der Waals surface area contributed by atoms with Crippen molar-refractivity contribution in [3.63, 3.8) is 0 Å². The summed E-state index contributed by atoms with van der Waals surface area (Å²) < 4.78 is 1.87. The van der Waals surface area contributed by atoms with Crippen molar-refractivity contribution in [1.82, 2.24) is 15.0 Å². The topological polar surface area (TPSA) is 56.7 Å². The molecule has 0 saturated heterocycles. The molecule has 0 aliphatic rings. The molecular formula is C8H16N4. The molecule has 1 atom stereocenters. The molecule has 4 nitrogen and oxygen atoms in total. The summed E-state index contributed by atoms with van der Waals surface area (Å²) in [5, 5.41) is 7.79. The molecule has 0 radical (unpaired) electrons. The van der Waals surface area contributed by atoms with Gasteiger partial charge in [0.25, 0.3) is 0 Å². The van der Waals surface area contributed by atoms with Crippen molar-refractivity contribution in [3.05, 3.63) is 11.9 Å². The van der Waals surface area contributed by atoms with E-state index < -0.39 is 0 Å². The van der Waals surface area contributed by atoms with E-state index in [0.29, 0.717) is 5.92 Å². The van der Waals surface area contributed by atoms with Crippen LogP contribution in [0.15, 0.2) is 6.20 Å². The molecule has 0 saturated carbocycles. The van der Waals surface area contributed by atoms with E-state index in [9.17, 15) is 0 Å². The van der Waals surface area contributed by atoms with Gasteiger partial charge in [-0.05, 0) is 12.8 Å². The summed E-state index contributed by atoms with van der Waals surface area (Å²) in [7, 11) is 0. The van der Waals surface area contributed by atoms with Crippen LogP contribution in [-0.4, -0.2) is 15.0 Å². The van der Waals surface area contributed by atoms with E-state index in [2.05, 4.69) is 24.2 Å². The maximum Gasteiger partial charge on any atom is 0.0751 e. The van der Waals surface area contributed by atoms with Crippen LogP contribution in [0, 0.1) is 5.92 Å². The van der Waals surface area contributed by atoms with Crippen LogP contribution in [0.5, 0.6) is 0 Å². The van der Waals surface area contributed by atoms with Crippen molar-refractivity contribution in [2.45, 2.75) is 33.4 Å².